The molecule has 0 aromatic carbocycles. The van der Waals surface area contributed by atoms with Crippen molar-refractivity contribution in [1.29, 1.82) is 0 Å². The highest BCUT2D eigenvalue weighted by atomic mass is 32.1. The molecule has 6 heteroatoms. The van der Waals surface area contributed by atoms with Gasteiger partial charge in [-0.25, -0.2) is 9.48 Å². The zero-order valence-corrected chi connectivity index (χ0v) is 13.1. The lowest BCUT2D eigenvalue weighted by Gasteiger charge is -2.19. The maximum atomic E-state index is 12.2. The van der Waals surface area contributed by atoms with Crippen molar-refractivity contribution in [3.8, 4) is 0 Å². The molecule has 3 aromatic heterocycles. The fraction of sp³-hybridized carbons (Fsp3) is 0.250. The van der Waals surface area contributed by atoms with Crippen LogP contribution in [0.2, 0.25) is 0 Å². The molecule has 0 bridgehead atoms. The van der Waals surface area contributed by atoms with Crippen LogP contribution in [-0.2, 0) is 13.1 Å². The van der Waals surface area contributed by atoms with Crippen molar-refractivity contribution in [2.24, 2.45) is 0 Å². The van der Waals surface area contributed by atoms with Gasteiger partial charge in [0.15, 0.2) is 5.65 Å². The first kappa shape index (κ1) is 14.7. The Morgan fingerprint density at radius 1 is 1.32 bits per heavy atom. The van der Waals surface area contributed by atoms with Crippen molar-refractivity contribution in [2.75, 3.05) is 13.1 Å². The molecule has 0 fully saturated rings. The molecule has 0 amide bonds. The molecule has 0 radical (unpaired) electrons. The van der Waals surface area contributed by atoms with E-state index in [1.165, 1.54) is 9.56 Å². The first-order chi connectivity index (χ1) is 10.8. The van der Waals surface area contributed by atoms with Crippen molar-refractivity contribution in [2.45, 2.75) is 13.1 Å². The summed E-state index contributed by atoms with van der Waals surface area (Å²) in [4.78, 5) is 15.8. The van der Waals surface area contributed by atoms with Crippen LogP contribution in [0.15, 0.2) is 59.4 Å². The third-order valence-corrected chi connectivity index (χ3v) is 4.32. The Kier molecular flexibility index (Phi) is 4.50. The van der Waals surface area contributed by atoms with Crippen molar-refractivity contribution in [3.05, 3.63) is 69.9 Å². The van der Waals surface area contributed by atoms with E-state index in [2.05, 4.69) is 34.1 Å². The van der Waals surface area contributed by atoms with Crippen molar-refractivity contribution < 1.29 is 0 Å². The molecule has 0 saturated heterocycles. The second-order valence-electron chi connectivity index (χ2n) is 5.04. The first-order valence-corrected chi connectivity index (χ1v) is 8.06. The van der Waals surface area contributed by atoms with Crippen LogP contribution in [0, 0.1) is 0 Å². The molecular weight excluding hydrogens is 296 g/mol. The Balaban J connectivity index is 1.71. The SMILES string of the molecule is C=CCN(CCn1nc2ccccn2c1=O)Cc1cccs1. The lowest BCUT2D eigenvalue weighted by Crippen LogP contribution is -2.31. The molecule has 22 heavy (non-hydrogen) atoms. The van der Waals surface area contributed by atoms with Crippen LogP contribution in [0.5, 0.6) is 0 Å². The second-order valence-corrected chi connectivity index (χ2v) is 6.07. The van der Waals surface area contributed by atoms with E-state index in [-0.39, 0.29) is 5.69 Å². The molecule has 0 aliphatic carbocycles. The molecule has 0 spiro atoms. The van der Waals surface area contributed by atoms with Gasteiger partial charge in [-0.3, -0.25) is 9.30 Å². The van der Waals surface area contributed by atoms with Crippen LogP contribution in [0.4, 0.5) is 0 Å². The minimum Gasteiger partial charge on any atom is -0.293 e. The molecule has 0 aliphatic heterocycles. The van der Waals surface area contributed by atoms with Gasteiger partial charge in [0.05, 0.1) is 6.54 Å². The summed E-state index contributed by atoms with van der Waals surface area (Å²) in [5, 5.41) is 6.44. The largest absolute Gasteiger partial charge is 0.350 e. The minimum absolute atomic E-state index is 0.0923. The average molecular weight is 314 g/mol. The van der Waals surface area contributed by atoms with Gasteiger partial charge < -0.3 is 0 Å². The highest BCUT2D eigenvalue weighted by Crippen LogP contribution is 2.11. The van der Waals surface area contributed by atoms with Gasteiger partial charge in [-0.05, 0) is 23.6 Å². The van der Waals surface area contributed by atoms with E-state index in [0.29, 0.717) is 12.2 Å². The third kappa shape index (κ3) is 3.18. The summed E-state index contributed by atoms with van der Waals surface area (Å²) in [5.41, 5.74) is 0.589. The number of pyridine rings is 1. The van der Waals surface area contributed by atoms with Crippen molar-refractivity contribution >= 4 is 17.0 Å². The lowest BCUT2D eigenvalue weighted by molar-refractivity contribution is 0.277. The van der Waals surface area contributed by atoms with Gasteiger partial charge in [0.1, 0.15) is 0 Å². The molecule has 0 unspecified atom stereocenters. The monoisotopic (exact) mass is 314 g/mol. The number of hydrogen-bond donors (Lipinski definition) is 0. The van der Waals surface area contributed by atoms with E-state index in [0.717, 1.165) is 19.6 Å². The standard InChI is InChI=1S/C16H18N4OS/c1-2-8-18(13-14-6-5-12-22-14)10-11-20-16(21)19-9-4-3-7-15(19)17-20/h2-7,9,12H,1,8,10-11,13H2. The van der Waals surface area contributed by atoms with Gasteiger partial charge in [-0.1, -0.05) is 18.2 Å². The van der Waals surface area contributed by atoms with Crippen molar-refractivity contribution in [1.82, 2.24) is 19.1 Å². The summed E-state index contributed by atoms with van der Waals surface area (Å²) >= 11 is 1.74. The lowest BCUT2D eigenvalue weighted by atomic mass is 10.4. The number of nitrogens with zero attached hydrogens (tertiary/aromatic N) is 4. The highest BCUT2D eigenvalue weighted by Gasteiger charge is 2.09. The fourth-order valence-corrected chi connectivity index (χ4v) is 3.14. The highest BCUT2D eigenvalue weighted by molar-refractivity contribution is 7.09. The quantitative estimate of drug-likeness (QED) is 0.628. The van der Waals surface area contributed by atoms with E-state index >= 15 is 0 Å². The molecule has 3 rings (SSSR count). The van der Waals surface area contributed by atoms with Gasteiger partial charge in [-0.15, -0.1) is 23.0 Å². The number of rotatable bonds is 7. The normalized spacial score (nSPS) is 11.3. The predicted molar refractivity (Wildman–Crippen MR) is 89.2 cm³/mol. The summed E-state index contributed by atoms with van der Waals surface area (Å²) in [6.07, 6.45) is 3.63. The Labute approximate surface area is 132 Å². The number of thiophene rings is 1. The van der Waals surface area contributed by atoms with Gasteiger partial charge >= 0.3 is 5.69 Å². The van der Waals surface area contributed by atoms with E-state index in [4.69, 9.17) is 0 Å². The maximum absolute atomic E-state index is 12.2. The summed E-state index contributed by atoms with van der Waals surface area (Å²) in [6, 6.07) is 9.73. The molecule has 0 N–H and O–H groups in total. The molecule has 3 aromatic rings. The summed E-state index contributed by atoms with van der Waals surface area (Å²) in [6.45, 7) is 6.80. The Morgan fingerprint density at radius 2 is 2.23 bits per heavy atom. The van der Waals surface area contributed by atoms with E-state index in [9.17, 15) is 4.79 Å². The Bertz CT molecular complexity index is 803. The number of aromatic nitrogens is 3. The zero-order valence-electron chi connectivity index (χ0n) is 12.3. The predicted octanol–water partition coefficient (Wildman–Crippen LogP) is 2.25. The van der Waals surface area contributed by atoms with Crippen molar-refractivity contribution in [3.63, 3.8) is 0 Å². The van der Waals surface area contributed by atoms with Gasteiger partial charge in [0.2, 0.25) is 0 Å². The number of fused-ring (bicyclic) bond motifs is 1. The van der Waals surface area contributed by atoms with Gasteiger partial charge in [-0.2, -0.15) is 0 Å². The van der Waals surface area contributed by atoms with Crippen LogP contribution in [0.25, 0.3) is 5.65 Å². The molecule has 5 nitrogen and oxygen atoms in total. The van der Waals surface area contributed by atoms with Gasteiger partial charge in [0, 0.05) is 30.7 Å². The zero-order chi connectivity index (χ0) is 15.4. The third-order valence-electron chi connectivity index (χ3n) is 3.46. The summed E-state index contributed by atoms with van der Waals surface area (Å²) < 4.78 is 3.09. The van der Waals surface area contributed by atoms with Crippen LogP contribution in [0.3, 0.4) is 0 Å². The Hall–Kier alpha value is -2.18. The van der Waals surface area contributed by atoms with Crippen LogP contribution in [-0.4, -0.2) is 32.2 Å². The second kappa shape index (κ2) is 6.72. The Morgan fingerprint density at radius 3 is 2.95 bits per heavy atom. The molecule has 0 atom stereocenters. The molecule has 3 heterocycles. The van der Waals surface area contributed by atoms with E-state index in [1.807, 2.05) is 24.3 Å². The first-order valence-electron chi connectivity index (χ1n) is 7.18. The number of hydrogen-bond acceptors (Lipinski definition) is 4. The molecule has 0 aliphatic rings. The fourth-order valence-electron chi connectivity index (χ4n) is 2.39. The smallest absolute Gasteiger partial charge is 0.293 e. The topological polar surface area (TPSA) is 42.5 Å². The summed E-state index contributed by atoms with van der Waals surface area (Å²) in [5.74, 6) is 0. The maximum Gasteiger partial charge on any atom is 0.350 e. The summed E-state index contributed by atoms with van der Waals surface area (Å²) in [7, 11) is 0. The van der Waals surface area contributed by atoms with E-state index in [1.54, 1.807) is 21.9 Å². The van der Waals surface area contributed by atoms with Crippen LogP contribution >= 0.6 is 11.3 Å². The molecular formula is C16H18N4OS. The molecule has 0 saturated carbocycles. The minimum atomic E-state index is -0.0923. The van der Waals surface area contributed by atoms with E-state index < -0.39 is 0 Å². The van der Waals surface area contributed by atoms with Gasteiger partial charge in [0.25, 0.3) is 0 Å². The molecule has 114 valence electrons. The van der Waals surface area contributed by atoms with Crippen LogP contribution in [0.1, 0.15) is 4.88 Å². The average Bonchev–Trinajstić information content (AvgIpc) is 3.14. The van der Waals surface area contributed by atoms with Crippen LogP contribution < -0.4 is 5.69 Å².